The normalized spacial score (nSPS) is 21.5. The third-order valence-corrected chi connectivity index (χ3v) is 3.08. The zero-order valence-electron chi connectivity index (χ0n) is 8.78. The molecule has 0 bridgehead atoms. The highest BCUT2D eigenvalue weighted by molar-refractivity contribution is 5.19. The van der Waals surface area contributed by atoms with E-state index in [4.69, 9.17) is 0 Å². The lowest BCUT2D eigenvalue weighted by atomic mass is 9.85. The van der Waals surface area contributed by atoms with Gasteiger partial charge in [-0.3, -0.25) is 0 Å². The van der Waals surface area contributed by atoms with Gasteiger partial charge >= 0.3 is 0 Å². The van der Waals surface area contributed by atoms with Crippen molar-refractivity contribution in [2.75, 3.05) is 20.1 Å². The summed E-state index contributed by atoms with van der Waals surface area (Å²) in [5.41, 5.74) is -0.107. The van der Waals surface area contributed by atoms with Crippen molar-refractivity contribution in [2.45, 2.75) is 18.4 Å². The van der Waals surface area contributed by atoms with E-state index in [0.717, 1.165) is 18.7 Å². The van der Waals surface area contributed by atoms with Crippen molar-refractivity contribution in [3.63, 3.8) is 0 Å². The minimum atomic E-state index is -0.826. The Kier molecular flexibility index (Phi) is 2.71. The molecule has 0 amide bonds. The van der Waals surface area contributed by atoms with Crippen LogP contribution in [0.25, 0.3) is 0 Å². The fraction of sp³-hybridized carbons (Fsp3) is 0.545. The molecule has 1 N–H and O–H groups in total. The summed E-state index contributed by atoms with van der Waals surface area (Å²) in [6.07, 6.45) is 2.79. The summed E-state index contributed by atoms with van der Waals surface area (Å²) in [4.78, 5) is 5.75. The summed E-state index contributed by atoms with van der Waals surface area (Å²) in [7, 11) is 2.03. The Morgan fingerprint density at radius 2 is 2.07 bits per heavy atom. The number of aliphatic hydroxyl groups is 1. The third kappa shape index (κ3) is 2.16. The molecular weight excluding hydrogens is 195 g/mol. The van der Waals surface area contributed by atoms with Gasteiger partial charge in [-0.05, 0) is 26.0 Å². The highest BCUT2D eigenvalue weighted by Gasteiger charge is 2.33. The molecule has 4 heteroatoms. The predicted octanol–water partition coefficient (Wildman–Crippen LogP) is 1.13. The first-order valence-corrected chi connectivity index (χ1v) is 5.13. The molecule has 1 aromatic heterocycles. The molecule has 1 aliphatic heterocycles. The molecule has 0 aromatic carbocycles. The highest BCUT2D eigenvalue weighted by atomic mass is 19.1. The number of hydrogen-bond donors (Lipinski definition) is 1. The van der Waals surface area contributed by atoms with Crippen molar-refractivity contribution in [3.05, 3.63) is 29.8 Å². The van der Waals surface area contributed by atoms with E-state index < -0.39 is 11.5 Å². The average Bonchev–Trinajstić information content (AvgIpc) is 2.24. The van der Waals surface area contributed by atoms with Crippen LogP contribution in [0, 0.1) is 5.95 Å². The van der Waals surface area contributed by atoms with Crippen LogP contribution in [-0.4, -0.2) is 35.1 Å². The van der Waals surface area contributed by atoms with Gasteiger partial charge < -0.3 is 10.0 Å². The van der Waals surface area contributed by atoms with E-state index in [-0.39, 0.29) is 0 Å². The van der Waals surface area contributed by atoms with Crippen LogP contribution in [0.3, 0.4) is 0 Å². The van der Waals surface area contributed by atoms with Gasteiger partial charge in [0.2, 0.25) is 5.95 Å². The van der Waals surface area contributed by atoms with Crippen molar-refractivity contribution < 1.29 is 9.50 Å². The van der Waals surface area contributed by atoms with Gasteiger partial charge in [0.25, 0.3) is 0 Å². The van der Waals surface area contributed by atoms with Crippen LogP contribution in [0.4, 0.5) is 4.39 Å². The van der Waals surface area contributed by atoms with Crippen molar-refractivity contribution in [3.8, 4) is 0 Å². The number of halogens is 1. The maximum absolute atomic E-state index is 12.6. The molecule has 1 aromatic rings. The van der Waals surface area contributed by atoms with E-state index in [1.807, 2.05) is 7.05 Å². The van der Waals surface area contributed by atoms with Crippen LogP contribution >= 0.6 is 0 Å². The second kappa shape index (κ2) is 3.87. The number of pyridine rings is 1. The van der Waals surface area contributed by atoms with Gasteiger partial charge in [-0.1, -0.05) is 6.07 Å². The number of likely N-dealkylation sites (tertiary alicyclic amines) is 1. The van der Waals surface area contributed by atoms with Gasteiger partial charge in [-0.15, -0.1) is 0 Å². The Labute approximate surface area is 88.6 Å². The van der Waals surface area contributed by atoms with Gasteiger partial charge in [0, 0.05) is 24.8 Å². The summed E-state index contributed by atoms with van der Waals surface area (Å²) >= 11 is 0. The van der Waals surface area contributed by atoms with Gasteiger partial charge in [-0.2, -0.15) is 4.39 Å². The lowest BCUT2D eigenvalue weighted by Gasteiger charge is -2.36. The van der Waals surface area contributed by atoms with Crippen LogP contribution in [0.15, 0.2) is 18.3 Å². The summed E-state index contributed by atoms with van der Waals surface area (Å²) in [6.45, 7) is 1.71. The Morgan fingerprint density at radius 1 is 1.40 bits per heavy atom. The van der Waals surface area contributed by atoms with Crippen molar-refractivity contribution >= 4 is 0 Å². The molecule has 2 heterocycles. The monoisotopic (exact) mass is 210 g/mol. The molecule has 0 radical (unpaired) electrons. The summed E-state index contributed by atoms with van der Waals surface area (Å²) in [6, 6.07) is 2.92. The number of rotatable bonds is 1. The minimum absolute atomic E-state index is 0.504. The second-order valence-corrected chi connectivity index (χ2v) is 4.20. The van der Waals surface area contributed by atoms with E-state index in [0.29, 0.717) is 12.8 Å². The van der Waals surface area contributed by atoms with E-state index in [1.54, 1.807) is 6.07 Å². The number of hydrogen-bond acceptors (Lipinski definition) is 3. The zero-order chi connectivity index (χ0) is 10.9. The average molecular weight is 210 g/mol. The fourth-order valence-corrected chi connectivity index (χ4v) is 1.93. The first-order valence-electron chi connectivity index (χ1n) is 5.13. The third-order valence-electron chi connectivity index (χ3n) is 3.08. The zero-order valence-corrected chi connectivity index (χ0v) is 8.78. The molecule has 15 heavy (non-hydrogen) atoms. The second-order valence-electron chi connectivity index (χ2n) is 4.20. The van der Waals surface area contributed by atoms with Crippen LogP contribution in [0.5, 0.6) is 0 Å². The molecule has 3 nitrogen and oxygen atoms in total. The summed E-state index contributed by atoms with van der Waals surface area (Å²) in [5, 5.41) is 10.4. The molecule has 2 rings (SSSR count). The molecule has 1 fully saturated rings. The van der Waals surface area contributed by atoms with E-state index in [9.17, 15) is 9.50 Å². The Hall–Kier alpha value is -1.00. The smallest absolute Gasteiger partial charge is 0.212 e. The van der Waals surface area contributed by atoms with Crippen LogP contribution in [-0.2, 0) is 5.60 Å². The standard InChI is InChI=1S/C11H15FN2O/c1-14-6-4-11(15,5-7-14)9-2-3-10(12)13-8-9/h2-3,8,15H,4-7H2,1H3. The number of aromatic nitrogens is 1. The summed E-state index contributed by atoms with van der Waals surface area (Å²) in [5.74, 6) is -0.504. The van der Waals surface area contributed by atoms with E-state index in [2.05, 4.69) is 9.88 Å². The molecule has 0 unspecified atom stereocenters. The minimum Gasteiger partial charge on any atom is -0.385 e. The maximum Gasteiger partial charge on any atom is 0.212 e. The fourth-order valence-electron chi connectivity index (χ4n) is 1.93. The van der Waals surface area contributed by atoms with Crippen molar-refractivity contribution in [1.82, 2.24) is 9.88 Å². The van der Waals surface area contributed by atoms with Gasteiger partial charge in [0.1, 0.15) is 0 Å². The molecule has 0 saturated carbocycles. The SMILES string of the molecule is CN1CCC(O)(c2ccc(F)nc2)CC1. The van der Waals surface area contributed by atoms with Crippen LogP contribution < -0.4 is 0 Å². The predicted molar refractivity (Wildman–Crippen MR) is 54.8 cm³/mol. The number of piperidine rings is 1. The van der Waals surface area contributed by atoms with Gasteiger partial charge in [-0.25, -0.2) is 4.98 Å². The largest absolute Gasteiger partial charge is 0.385 e. The lowest BCUT2D eigenvalue weighted by Crippen LogP contribution is -2.40. The molecular formula is C11H15FN2O. The van der Waals surface area contributed by atoms with Crippen molar-refractivity contribution in [1.29, 1.82) is 0 Å². The Morgan fingerprint density at radius 3 is 2.60 bits per heavy atom. The Balaban J connectivity index is 2.18. The van der Waals surface area contributed by atoms with E-state index in [1.165, 1.54) is 12.3 Å². The first-order chi connectivity index (χ1) is 7.10. The highest BCUT2D eigenvalue weighted by Crippen LogP contribution is 2.31. The summed E-state index contributed by atoms with van der Waals surface area (Å²) < 4.78 is 12.6. The Bertz CT molecular complexity index is 331. The van der Waals surface area contributed by atoms with Crippen molar-refractivity contribution in [2.24, 2.45) is 0 Å². The molecule has 0 spiro atoms. The van der Waals surface area contributed by atoms with Gasteiger partial charge in [0.05, 0.1) is 5.60 Å². The number of nitrogens with zero attached hydrogens (tertiary/aromatic N) is 2. The first kappa shape index (κ1) is 10.5. The molecule has 0 aliphatic carbocycles. The van der Waals surface area contributed by atoms with E-state index >= 15 is 0 Å². The van der Waals surface area contributed by atoms with Crippen LogP contribution in [0.2, 0.25) is 0 Å². The molecule has 1 saturated heterocycles. The molecule has 82 valence electrons. The lowest BCUT2D eigenvalue weighted by molar-refractivity contribution is -0.0206. The molecule has 1 aliphatic rings. The molecule has 0 atom stereocenters. The topological polar surface area (TPSA) is 36.4 Å². The van der Waals surface area contributed by atoms with Gasteiger partial charge in [0.15, 0.2) is 0 Å². The van der Waals surface area contributed by atoms with Crippen LogP contribution in [0.1, 0.15) is 18.4 Å². The maximum atomic E-state index is 12.6. The quantitative estimate of drug-likeness (QED) is 0.706.